The molecule has 1 unspecified atom stereocenters. The third kappa shape index (κ3) is 7.46. The van der Waals surface area contributed by atoms with Crippen LogP contribution in [0.4, 0.5) is 0 Å². The molecule has 2 N–H and O–H groups in total. The minimum absolute atomic E-state index is 0. The molecule has 1 atom stereocenters. The largest absolute Gasteiger partial charge is 0.355 e. The van der Waals surface area contributed by atoms with Gasteiger partial charge in [0.05, 0.1) is 10.8 Å². The molecule has 28 heavy (non-hydrogen) atoms. The molecule has 0 radical (unpaired) electrons. The minimum Gasteiger partial charge on any atom is -0.355 e. The number of piperidine rings is 1. The van der Waals surface area contributed by atoms with E-state index in [0.717, 1.165) is 43.3 Å². The number of thiophene rings is 1. The van der Waals surface area contributed by atoms with E-state index in [9.17, 15) is 4.21 Å². The number of nitrogens with one attached hydrogen (secondary N) is 2. The lowest BCUT2D eigenvalue weighted by Crippen LogP contribution is -2.49. The van der Waals surface area contributed by atoms with Gasteiger partial charge in [-0.3, -0.25) is 14.1 Å². The Balaban J connectivity index is 0.00000280. The van der Waals surface area contributed by atoms with Crippen molar-refractivity contribution in [2.24, 2.45) is 4.99 Å². The lowest BCUT2D eigenvalue weighted by atomic mass is 10.0. The van der Waals surface area contributed by atoms with Crippen LogP contribution in [0, 0.1) is 0 Å². The van der Waals surface area contributed by atoms with Crippen molar-refractivity contribution in [3.05, 3.63) is 52.7 Å². The number of likely N-dealkylation sites (tertiary alicyclic amines) is 1. The number of halogens is 1. The molecule has 1 fully saturated rings. The topological polar surface area (TPSA) is 56.7 Å². The first-order chi connectivity index (χ1) is 13.2. The zero-order valence-corrected chi connectivity index (χ0v) is 20.1. The van der Waals surface area contributed by atoms with Gasteiger partial charge in [-0.1, -0.05) is 18.2 Å². The molecule has 1 aliphatic rings. The monoisotopic (exact) mass is 532 g/mol. The summed E-state index contributed by atoms with van der Waals surface area (Å²) < 4.78 is 12.3. The first kappa shape index (κ1) is 23.3. The van der Waals surface area contributed by atoms with E-state index >= 15 is 0 Å². The van der Waals surface area contributed by atoms with Gasteiger partial charge in [0.1, 0.15) is 0 Å². The van der Waals surface area contributed by atoms with E-state index in [2.05, 4.69) is 37.4 Å². The predicted octanol–water partition coefficient (Wildman–Crippen LogP) is 3.30. The first-order valence-electron chi connectivity index (χ1n) is 9.38. The molecule has 2 heterocycles. The molecule has 0 saturated carbocycles. The van der Waals surface area contributed by atoms with Gasteiger partial charge in [-0.2, -0.15) is 11.3 Å². The van der Waals surface area contributed by atoms with Crippen molar-refractivity contribution in [3.8, 4) is 0 Å². The van der Waals surface area contributed by atoms with E-state index in [1.807, 2.05) is 30.3 Å². The molecule has 8 heteroatoms. The maximum Gasteiger partial charge on any atom is 0.191 e. The van der Waals surface area contributed by atoms with Gasteiger partial charge in [0.25, 0.3) is 0 Å². The Labute approximate surface area is 191 Å². The highest BCUT2D eigenvalue weighted by Crippen LogP contribution is 2.15. The van der Waals surface area contributed by atoms with Crippen LogP contribution in [0.25, 0.3) is 0 Å². The number of benzene rings is 1. The fourth-order valence-corrected chi connectivity index (χ4v) is 4.86. The molecule has 1 saturated heterocycles. The van der Waals surface area contributed by atoms with Gasteiger partial charge in [-0.15, -0.1) is 24.0 Å². The quantitative estimate of drug-likeness (QED) is 0.327. The van der Waals surface area contributed by atoms with Crippen molar-refractivity contribution in [2.75, 3.05) is 32.4 Å². The highest BCUT2D eigenvalue weighted by atomic mass is 127. The Hall–Kier alpha value is -0.970. The van der Waals surface area contributed by atoms with Crippen LogP contribution in [0.1, 0.15) is 18.4 Å². The van der Waals surface area contributed by atoms with Gasteiger partial charge in [-0.25, -0.2) is 0 Å². The summed E-state index contributed by atoms with van der Waals surface area (Å²) in [6, 6.07) is 12.3. The lowest BCUT2D eigenvalue weighted by Gasteiger charge is -2.32. The minimum atomic E-state index is -0.980. The van der Waals surface area contributed by atoms with Crippen molar-refractivity contribution in [2.45, 2.75) is 30.3 Å². The van der Waals surface area contributed by atoms with Crippen molar-refractivity contribution < 1.29 is 4.21 Å². The molecule has 0 amide bonds. The molecule has 0 spiro atoms. The lowest BCUT2D eigenvalue weighted by molar-refractivity contribution is 0.198. The molecular formula is C20H29IN4OS2. The molecular weight excluding hydrogens is 503 g/mol. The number of guanidine groups is 1. The average molecular weight is 533 g/mol. The van der Waals surface area contributed by atoms with Gasteiger partial charge in [0.2, 0.25) is 0 Å². The fourth-order valence-electron chi connectivity index (χ4n) is 3.22. The molecule has 5 nitrogen and oxygen atoms in total. The predicted molar refractivity (Wildman–Crippen MR) is 130 cm³/mol. The van der Waals surface area contributed by atoms with E-state index in [1.54, 1.807) is 18.4 Å². The first-order valence-corrected chi connectivity index (χ1v) is 11.6. The summed E-state index contributed by atoms with van der Waals surface area (Å²) in [5, 5.41) is 11.2. The van der Waals surface area contributed by atoms with Gasteiger partial charge in [0, 0.05) is 49.9 Å². The second kappa shape index (κ2) is 12.6. The van der Waals surface area contributed by atoms with Crippen LogP contribution < -0.4 is 10.6 Å². The third-order valence-corrected chi connectivity index (χ3v) is 6.83. The SMILES string of the molecule is CN=C(NCCS(=O)c1ccccc1)NC1CCN(Cc2ccsc2)CC1.I. The molecule has 1 aromatic heterocycles. The summed E-state index contributed by atoms with van der Waals surface area (Å²) in [5.74, 6) is 1.38. The van der Waals surface area contributed by atoms with Crippen LogP contribution in [-0.2, 0) is 17.3 Å². The van der Waals surface area contributed by atoms with Gasteiger partial charge < -0.3 is 10.6 Å². The van der Waals surface area contributed by atoms with Gasteiger partial charge in [0.15, 0.2) is 5.96 Å². The Morgan fingerprint density at radius 1 is 1.25 bits per heavy atom. The van der Waals surface area contributed by atoms with Crippen molar-refractivity contribution in [1.29, 1.82) is 0 Å². The average Bonchev–Trinajstić information content (AvgIpc) is 3.22. The zero-order valence-electron chi connectivity index (χ0n) is 16.2. The maximum atomic E-state index is 12.3. The van der Waals surface area contributed by atoms with E-state index in [1.165, 1.54) is 5.56 Å². The van der Waals surface area contributed by atoms with E-state index in [0.29, 0.717) is 18.3 Å². The van der Waals surface area contributed by atoms with Gasteiger partial charge in [-0.05, 0) is 47.4 Å². The van der Waals surface area contributed by atoms with Crippen LogP contribution >= 0.6 is 35.3 Å². The van der Waals surface area contributed by atoms with Crippen molar-refractivity contribution >= 4 is 52.1 Å². The smallest absolute Gasteiger partial charge is 0.191 e. The Morgan fingerprint density at radius 3 is 2.64 bits per heavy atom. The Morgan fingerprint density at radius 2 is 2.00 bits per heavy atom. The molecule has 0 aliphatic carbocycles. The second-order valence-electron chi connectivity index (χ2n) is 6.69. The number of aliphatic imine (C=N–C) groups is 1. The number of hydrogen-bond donors (Lipinski definition) is 2. The molecule has 1 aromatic carbocycles. The molecule has 1 aliphatic heterocycles. The van der Waals surface area contributed by atoms with Crippen LogP contribution in [0.2, 0.25) is 0 Å². The molecule has 2 aromatic rings. The third-order valence-electron chi connectivity index (χ3n) is 4.72. The van der Waals surface area contributed by atoms with Crippen molar-refractivity contribution in [3.63, 3.8) is 0 Å². The summed E-state index contributed by atoms with van der Waals surface area (Å²) in [5.41, 5.74) is 1.41. The fraction of sp³-hybridized carbons (Fsp3) is 0.450. The summed E-state index contributed by atoms with van der Waals surface area (Å²) in [6.07, 6.45) is 2.22. The van der Waals surface area contributed by atoms with Crippen LogP contribution in [0.3, 0.4) is 0 Å². The summed E-state index contributed by atoms with van der Waals surface area (Å²) in [6.45, 7) is 3.89. The highest BCUT2D eigenvalue weighted by Gasteiger charge is 2.20. The summed E-state index contributed by atoms with van der Waals surface area (Å²) >= 11 is 1.76. The molecule has 154 valence electrons. The van der Waals surface area contributed by atoms with Crippen LogP contribution in [0.5, 0.6) is 0 Å². The highest BCUT2D eigenvalue weighted by molar-refractivity contribution is 14.0. The van der Waals surface area contributed by atoms with E-state index in [4.69, 9.17) is 0 Å². The normalized spacial score (nSPS) is 17.0. The van der Waals surface area contributed by atoms with Gasteiger partial charge >= 0.3 is 0 Å². The maximum absolute atomic E-state index is 12.3. The zero-order chi connectivity index (χ0) is 18.9. The Kier molecular flexibility index (Phi) is 10.5. The van der Waals surface area contributed by atoms with E-state index in [-0.39, 0.29) is 24.0 Å². The molecule has 3 rings (SSSR count). The van der Waals surface area contributed by atoms with Crippen molar-refractivity contribution in [1.82, 2.24) is 15.5 Å². The second-order valence-corrected chi connectivity index (χ2v) is 9.04. The summed E-state index contributed by atoms with van der Waals surface area (Å²) in [4.78, 5) is 7.70. The summed E-state index contributed by atoms with van der Waals surface area (Å²) in [7, 11) is 0.806. The number of rotatable bonds is 7. The molecule has 0 bridgehead atoms. The Bertz CT molecular complexity index is 732. The number of hydrogen-bond acceptors (Lipinski definition) is 4. The standard InChI is InChI=1S/C20H28N4OS2.HI/c1-21-20(22-10-14-27(25)19-5-3-2-4-6-19)23-18-7-11-24(12-8-18)15-17-9-13-26-16-17;/h2-6,9,13,16,18H,7-8,10-12,14-15H2,1H3,(H2,21,22,23);1H. The van der Waals surface area contributed by atoms with Crippen LogP contribution in [-0.4, -0.2) is 53.5 Å². The van der Waals surface area contributed by atoms with Crippen LogP contribution in [0.15, 0.2) is 57.0 Å². The number of nitrogens with zero attached hydrogens (tertiary/aromatic N) is 2. The van der Waals surface area contributed by atoms with E-state index < -0.39 is 10.8 Å².